The Morgan fingerprint density at radius 2 is 1.81 bits per heavy atom. The molecule has 0 spiro atoms. The van der Waals surface area contributed by atoms with E-state index in [-0.39, 0.29) is 11.6 Å². The maximum atomic E-state index is 12.2. The van der Waals surface area contributed by atoms with E-state index in [9.17, 15) is 4.79 Å². The molecule has 6 rings (SSSR count). The van der Waals surface area contributed by atoms with Gasteiger partial charge in [-0.2, -0.15) is 0 Å². The molecule has 156 valence electrons. The Kier molecular flexibility index (Phi) is 4.34. The third-order valence-corrected chi connectivity index (χ3v) is 7.50. The van der Waals surface area contributed by atoms with E-state index in [1.54, 1.807) is 0 Å². The average molecular weight is 430 g/mol. The van der Waals surface area contributed by atoms with Crippen molar-refractivity contribution in [2.24, 2.45) is 0 Å². The Hall–Kier alpha value is -2.82. The van der Waals surface area contributed by atoms with Crippen molar-refractivity contribution in [2.45, 2.75) is 31.2 Å². The first-order valence-corrected chi connectivity index (χ1v) is 11.3. The number of aromatic amines is 2. The molecule has 0 saturated heterocycles. The van der Waals surface area contributed by atoms with Gasteiger partial charge in [0.15, 0.2) is 0 Å². The Balaban J connectivity index is 1.65. The van der Waals surface area contributed by atoms with Gasteiger partial charge in [-0.25, -0.2) is 4.79 Å². The lowest BCUT2D eigenvalue weighted by atomic mass is 9.72. The quantitative estimate of drug-likeness (QED) is 0.441. The zero-order chi connectivity index (χ0) is 21.1. The van der Waals surface area contributed by atoms with Gasteiger partial charge in [0, 0.05) is 18.5 Å². The summed E-state index contributed by atoms with van der Waals surface area (Å²) in [6.45, 7) is 0.984. The minimum atomic E-state index is -0.200. The molecule has 0 bridgehead atoms. The molecule has 31 heavy (non-hydrogen) atoms. The highest BCUT2D eigenvalue weighted by molar-refractivity contribution is 6.35. The van der Waals surface area contributed by atoms with E-state index in [2.05, 4.69) is 76.5 Å². The molecule has 3 aromatic carbocycles. The van der Waals surface area contributed by atoms with Gasteiger partial charge in [-0.1, -0.05) is 60.1 Å². The number of hydrogen-bond donors (Lipinski definition) is 2. The summed E-state index contributed by atoms with van der Waals surface area (Å²) in [6, 6.07) is 19.8. The number of rotatable bonds is 1. The molecule has 0 saturated carbocycles. The van der Waals surface area contributed by atoms with E-state index in [1.165, 1.54) is 33.4 Å². The number of benzene rings is 3. The number of nitrogens with one attached hydrogen (secondary N) is 2. The summed E-state index contributed by atoms with van der Waals surface area (Å²) in [5.41, 5.74) is 9.25. The van der Waals surface area contributed by atoms with Gasteiger partial charge in [-0.15, -0.1) is 0 Å². The molecule has 0 fully saturated rings. The van der Waals surface area contributed by atoms with Crippen LogP contribution in [-0.2, 0) is 12.8 Å². The molecule has 4 aromatic rings. The molecule has 2 N–H and O–H groups in total. The number of likely N-dealkylation sites (N-methyl/N-ethyl adjacent to an activating group) is 1. The van der Waals surface area contributed by atoms with Gasteiger partial charge in [0.1, 0.15) is 0 Å². The Morgan fingerprint density at radius 1 is 1.00 bits per heavy atom. The van der Waals surface area contributed by atoms with E-state index in [1.807, 2.05) is 0 Å². The second-order valence-corrected chi connectivity index (χ2v) is 9.22. The van der Waals surface area contributed by atoms with Gasteiger partial charge in [0.2, 0.25) is 0 Å². The molecule has 1 aliphatic carbocycles. The van der Waals surface area contributed by atoms with Crippen molar-refractivity contribution in [3.8, 4) is 11.1 Å². The van der Waals surface area contributed by atoms with Crippen LogP contribution in [0.2, 0.25) is 5.02 Å². The van der Waals surface area contributed by atoms with Crippen molar-refractivity contribution in [1.29, 1.82) is 0 Å². The first-order chi connectivity index (χ1) is 15.1. The number of imidazole rings is 1. The number of nitrogens with zero attached hydrogens (tertiary/aromatic N) is 1. The van der Waals surface area contributed by atoms with Gasteiger partial charge < -0.3 is 14.9 Å². The van der Waals surface area contributed by atoms with Crippen LogP contribution in [0.15, 0.2) is 59.4 Å². The lowest BCUT2D eigenvalue weighted by molar-refractivity contribution is 0.214. The van der Waals surface area contributed by atoms with Crippen LogP contribution in [0.3, 0.4) is 0 Å². The summed E-state index contributed by atoms with van der Waals surface area (Å²) in [6.07, 6.45) is 3.08. The zero-order valence-corrected chi connectivity index (χ0v) is 18.2. The number of H-pyrrole nitrogens is 2. The van der Waals surface area contributed by atoms with Crippen molar-refractivity contribution in [2.75, 3.05) is 13.6 Å². The van der Waals surface area contributed by atoms with Crippen LogP contribution < -0.4 is 5.69 Å². The monoisotopic (exact) mass is 429 g/mol. The summed E-state index contributed by atoms with van der Waals surface area (Å²) in [4.78, 5) is 20.7. The van der Waals surface area contributed by atoms with Gasteiger partial charge in [-0.05, 0) is 65.8 Å². The van der Waals surface area contributed by atoms with Crippen LogP contribution in [0.5, 0.6) is 0 Å². The zero-order valence-electron chi connectivity index (χ0n) is 17.4. The molecule has 2 heterocycles. The van der Waals surface area contributed by atoms with Crippen molar-refractivity contribution in [1.82, 2.24) is 14.9 Å². The Bertz CT molecular complexity index is 1350. The minimum absolute atomic E-state index is 0.195. The fourth-order valence-electron chi connectivity index (χ4n) is 5.80. The second-order valence-electron chi connectivity index (χ2n) is 8.81. The predicted octanol–water partition coefficient (Wildman–Crippen LogP) is 5.11. The predicted molar refractivity (Wildman–Crippen MR) is 126 cm³/mol. The summed E-state index contributed by atoms with van der Waals surface area (Å²) in [5.74, 6) is 0.195. The van der Waals surface area contributed by atoms with Gasteiger partial charge in [-0.3, -0.25) is 0 Å². The highest BCUT2D eigenvalue weighted by Gasteiger charge is 2.38. The Labute approximate surface area is 185 Å². The van der Waals surface area contributed by atoms with E-state index in [0.717, 1.165) is 36.8 Å². The van der Waals surface area contributed by atoms with Crippen LogP contribution in [0.4, 0.5) is 0 Å². The van der Waals surface area contributed by atoms with Gasteiger partial charge in [0.05, 0.1) is 16.1 Å². The third kappa shape index (κ3) is 2.89. The maximum Gasteiger partial charge on any atom is 0.323 e. The molecular weight excluding hydrogens is 406 g/mol. The first-order valence-electron chi connectivity index (χ1n) is 10.9. The summed E-state index contributed by atoms with van der Waals surface area (Å²) in [5, 5.41) is 0.613. The fourth-order valence-corrected chi connectivity index (χ4v) is 6.08. The van der Waals surface area contributed by atoms with E-state index >= 15 is 0 Å². The van der Waals surface area contributed by atoms with E-state index in [0.29, 0.717) is 11.1 Å². The van der Waals surface area contributed by atoms with Crippen molar-refractivity contribution in [3.63, 3.8) is 0 Å². The molecule has 2 atom stereocenters. The fraction of sp³-hybridized carbons (Fsp3) is 0.269. The molecule has 0 unspecified atom stereocenters. The lowest BCUT2D eigenvalue weighted by Crippen LogP contribution is -2.39. The van der Waals surface area contributed by atoms with Gasteiger partial charge >= 0.3 is 5.69 Å². The standard InChI is InChI=1S/C26H24ClN3O/c1-30-13-12-16-14-20(27)24-25(29-26(31)28-24)22(16)23-19-9-5-8-17(15-6-3-2-4-7-15)18(19)10-11-21(23)30/h2-9,14,21,23H,10-13H2,1H3,(H2,28,29,31)/t21-,23-/m0/s1. The van der Waals surface area contributed by atoms with Crippen LogP contribution in [0.1, 0.15) is 34.6 Å². The molecular formula is C26H24ClN3O. The molecule has 0 amide bonds. The van der Waals surface area contributed by atoms with Crippen LogP contribution in [0, 0.1) is 0 Å². The summed E-state index contributed by atoms with van der Waals surface area (Å²) < 4.78 is 0. The van der Waals surface area contributed by atoms with E-state index < -0.39 is 0 Å². The van der Waals surface area contributed by atoms with Crippen LogP contribution >= 0.6 is 11.6 Å². The molecule has 5 heteroatoms. The highest BCUT2D eigenvalue weighted by atomic mass is 35.5. The Morgan fingerprint density at radius 3 is 2.65 bits per heavy atom. The van der Waals surface area contributed by atoms with Crippen molar-refractivity contribution in [3.05, 3.63) is 92.4 Å². The van der Waals surface area contributed by atoms with Crippen LogP contribution in [-0.4, -0.2) is 34.5 Å². The number of hydrogen-bond acceptors (Lipinski definition) is 2. The average Bonchev–Trinajstić information content (AvgIpc) is 3.12. The largest absolute Gasteiger partial charge is 0.323 e. The van der Waals surface area contributed by atoms with Gasteiger partial charge in [0.25, 0.3) is 0 Å². The minimum Gasteiger partial charge on any atom is -0.305 e. The molecule has 1 aliphatic heterocycles. The lowest BCUT2D eigenvalue weighted by Gasteiger charge is -2.39. The van der Waals surface area contributed by atoms with E-state index in [4.69, 9.17) is 11.6 Å². The van der Waals surface area contributed by atoms with Crippen molar-refractivity contribution >= 4 is 22.6 Å². The number of fused-ring (bicyclic) bond motifs is 7. The number of aromatic nitrogens is 2. The molecule has 1 aromatic heterocycles. The first kappa shape index (κ1) is 18.9. The second kappa shape index (κ2) is 7.11. The third-order valence-electron chi connectivity index (χ3n) is 7.20. The smallest absolute Gasteiger partial charge is 0.305 e. The normalized spacial score (nSPS) is 20.7. The topological polar surface area (TPSA) is 51.9 Å². The maximum absolute atomic E-state index is 12.2. The SMILES string of the molecule is CN1CCc2cc(Cl)c3[nH]c(=O)[nH]c3c2[C@H]2c3cccc(-c4ccccc4)c3CC[C@@H]21. The molecule has 4 nitrogen and oxygen atoms in total. The highest BCUT2D eigenvalue weighted by Crippen LogP contribution is 2.47. The van der Waals surface area contributed by atoms with Crippen molar-refractivity contribution < 1.29 is 0 Å². The van der Waals surface area contributed by atoms with Crippen LogP contribution in [0.25, 0.3) is 22.2 Å². The summed E-state index contributed by atoms with van der Waals surface area (Å²) in [7, 11) is 2.23. The molecule has 0 radical (unpaired) electrons. The number of halogens is 1. The summed E-state index contributed by atoms with van der Waals surface area (Å²) >= 11 is 6.57. The molecule has 2 aliphatic rings.